The van der Waals surface area contributed by atoms with Crippen molar-refractivity contribution in [3.63, 3.8) is 0 Å². The zero-order valence-electron chi connectivity index (χ0n) is 9.79. The van der Waals surface area contributed by atoms with Gasteiger partial charge in [0.25, 0.3) is 0 Å². The molecule has 0 saturated carbocycles. The fourth-order valence-electron chi connectivity index (χ4n) is 1.64. The number of rotatable bonds is 3. The molecule has 1 heterocycles. The zero-order chi connectivity index (χ0) is 12.4. The number of para-hydroxylation sites is 1. The fraction of sp³-hybridized carbons (Fsp3) is 0.0714. The van der Waals surface area contributed by atoms with E-state index in [-0.39, 0.29) is 0 Å². The van der Waals surface area contributed by atoms with Crippen LogP contribution in [0, 0.1) is 0 Å². The van der Waals surface area contributed by atoms with Gasteiger partial charge in [0.05, 0.1) is 0 Å². The molecule has 0 atom stereocenters. The van der Waals surface area contributed by atoms with Gasteiger partial charge in [-0.25, -0.2) is 0 Å². The summed E-state index contributed by atoms with van der Waals surface area (Å²) in [6, 6.07) is 16.5. The second kappa shape index (κ2) is 5.19. The van der Waals surface area contributed by atoms with Gasteiger partial charge in [-0.1, -0.05) is 0 Å². The monoisotopic (exact) mass is 321 g/mol. The topological polar surface area (TPSA) is 22.1 Å². The molecule has 2 nitrogen and oxygen atoms in total. The molecule has 0 radical (unpaired) electrons. The third-order valence-electron chi connectivity index (χ3n) is 2.54. The summed E-state index contributed by atoms with van der Waals surface area (Å²) in [7, 11) is 1.68. The molecule has 0 aliphatic heterocycles. The standard InChI is InChI=1S/C14H11NOSSe/c1-16-10-6-8-11(9-7-10)17-14-15-12-4-2-3-5-13(12)18-14/h2-9H,1H3. The van der Waals surface area contributed by atoms with Crippen LogP contribution in [-0.4, -0.2) is 26.6 Å². The number of hydrogen-bond donors (Lipinski definition) is 0. The van der Waals surface area contributed by atoms with Crippen LogP contribution < -0.4 is 4.74 Å². The molecule has 0 aliphatic carbocycles. The van der Waals surface area contributed by atoms with Crippen molar-refractivity contribution in [2.24, 2.45) is 0 Å². The molecule has 0 spiro atoms. The number of ether oxygens (including phenoxy) is 1. The van der Waals surface area contributed by atoms with E-state index in [0.717, 1.165) is 11.3 Å². The van der Waals surface area contributed by atoms with Gasteiger partial charge in [0.1, 0.15) is 0 Å². The van der Waals surface area contributed by atoms with E-state index in [1.54, 1.807) is 18.9 Å². The van der Waals surface area contributed by atoms with Gasteiger partial charge in [-0.15, -0.1) is 0 Å². The van der Waals surface area contributed by atoms with E-state index >= 15 is 0 Å². The van der Waals surface area contributed by atoms with E-state index in [0.29, 0.717) is 14.5 Å². The van der Waals surface area contributed by atoms with Crippen LogP contribution in [-0.2, 0) is 0 Å². The van der Waals surface area contributed by atoms with Crippen molar-refractivity contribution < 1.29 is 4.74 Å². The molecule has 90 valence electrons. The molecule has 3 aromatic rings. The SMILES string of the molecule is COc1ccc(Sc2nc3ccccc3[se]2)cc1. The van der Waals surface area contributed by atoms with Gasteiger partial charge in [-0.05, 0) is 0 Å². The molecule has 0 saturated heterocycles. The Kier molecular flexibility index (Phi) is 3.41. The van der Waals surface area contributed by atoms with Crippen molar-refractivity contribution in [2.75, 3.05) is 7.11 Å². The quantitative estimate of drug-likeness (QED) is 0.690. The van der Waals surface area contributed by atoms with Crippen LogP contribution in [0.2, 0.25) is 0 Å². The molecule has 0 amide bonds. The van der Waals surface area contributed by atoms with Gasteiger partial charge >= 0.3 is 116 Å². The summed E-state index contributed by atoms with van der Waals surface area (Å²) in [5, 5.41) is 0. The Labute approximate surface area is 116 Å². The Morgan fingerprint density at radius 1 is 1.06 bits per heavy atom. The molecule has 1 aromatic heterocycles. The molecule has 0 fully saturated rings. The molecule has 0 bridgehead atoms. The number of methoxy groups -OCH3 is 1. The molecule has 2 aromatic carbocycles. The molecule has 18 heavy (non-hydrogen) atoms. The molecule has 0 N–H and O–H groups in total. The van der Waals surface area contributed by atoms with Gasteiger partial charge in [-0.2, -0.15) is 0 Å². The van der Waals surface area contributed by atoms with E-state index in [1.807, 2.05) is 18.2 Å². The van der Waals surface area contributed by atoms with Crippen LogP contribution in [0.25, 0.3) is 9.78 Å². The normalized spacial score (nSPS) is 10.7. The maximum absolute atomic E-state index is 5.15. The molecule has 3 rings (SSSR count). The number of aromatic nitrogens is 1. The first-order valence-electron chi connectivity index (χ1n) is 5.52. The minimum absolute atomic E-state index is 0.348. The van der Waals surface area contributed by atoms with Crippen LogP contribution in [0.1, 0.15) is 0 Å². The third-order valence-corrected chi connectivity index (χ3v) is 6.01. The number of hydrogen-bond acceptors (Lipinski definition) is 3. The average Bonchev–Trinajstić information content (AvgIpc) is 2.82. The Hall–Kier alpha value is -1.22. The summed E-state index contributed by atoms with van der Waals surface area (Å²) < 4.78 is 7.75. The van der Waals surface area contributed by atoms with Crippen LogP contribution in [0.5, 0.6) is 5.75 Å². The second-order valence-corrected chi connectivity index (χ2v) is 7.53. The Morgan fingerprint density at radius 3 is 2.56 bits per heavy atom. The van der Waals surface area contributed by atoms with Crippen LogP contribution in [0.4, 0.5) is 0 Å². The first-order chi connectivity index (χ1) is 8.85. The van der Waals surface area contributed by atoms with E-state index in [1.165, 1.54) is 13.1 Å². The van der Waals surface area contributed by atoms with Gasteiger partial charge in [0, 0.05) is 0 Å². The first-order valence-corrected chi connectivity index (χ1v) is 8.05. The molecule has 4 heteroatoms. The fourth-order valence-corrected chi connectivity index (χ4v) is 5.10. The molecular formula is C14H11NOSSe. The average molecular weight is 320 g/mol. The van der Waals surface area contributed by atoms with E-state index in [4.69, 9.17) is 4.74 Å². The maximum atomic E-state index is 5.15. The van der Waals surface area contributed by atoms with Crippen molar-refractivity contribution in [2.45, 2.75) is 8.80 Å². The van der Waals surface area contributed by atoms with Crippen molar-refractivity contribution in [3.05, 3.63) is 48.5 Å². The molecule has 0 unspecified atom stereocenters. The molecular weight excluding hydrogens is 309 g/mol. The minimum atomic E-state index is 0.348. The van der Waals surface area contributed by atoms with Crippen molar-refractivity contribution >= 4 is 36.0 Å². The van der Waals surface area contributed by atoms with Crippen LogP contribution in [0.3, 0.4) is 0 Å². The summed E-state index contributed by atoms with van der Waals surface area (Å²) in [5.74, 6) is 0.890. The Balaban J connectivity index is 1.86. The van der Waals surface area contributed by atoms with Gasteiger partial charge < -0.3 is 0 Å². The zero-order valence-corrected chi connectivity index (χ0v) is 12.3. The Morgan fingerprint density at radius 2 is 1.83 bits per heavy atom. The summed E-state index contributed by atoms with van der Waals surface area (Å²) >= 11 is 2.10. The second-order valence-electron chi connectivity index (χ2n) is 3.73. The van der Waals surface area contributed by atoms with Crippen molar-refractivity contribution in [1.29, 1.82) is 0 Å². The third kappa shape index (κ3) is 2.46. The Bertz CT molecular complexity index is 630. The van der Waals surface area contributed by atoms with Gasteiger partial charge in [0.15, 0.2) is 0 Å². The van der Waals surface area contributed by atoms with E-state index < -0.39 is 0 Å². The summed E-state index contributed by atoms with van der Waals surface area (Å²) in [5.41, 5.74) is 1.13. The predicted molar refractivity (Wildman–Crippen MR) is 75.8 cm³/mol. The van der Waals surface area contributed by atoms with Gasteiger partial charge in [0.2, 0.25) is 0 Å². The van der Waals surface area contributed by atoms with Crippen LogP contribution >= 0.6 is 11.8 Å². The molecule has 0 aliphatic rings. The first kappa shape index (κ1) is 11.8. The van der Waals surface area contributed by atoms with Gasteiger partial charge in [-0.3, -0.25) is 0 Å². The van der Waals surface area contributed by atoms with E-state index in [2.05, 4.69) is 35.3 Å². The number of nitrogens with zero attached hydrogens (tertiary/aromatic N) is 1. The number of benzene rings is 2. The van der Waals surface area contributed by atoms with Crippen molar-refractivity contribution in [1.82, 2.24) is 4.98 Å². The summed E-state index contributed by atoms with van der Waals surface area (Å²) in [6.07, 6.45) is 0. The van der Waals surface area contributed by atoms with Crippen molar-refractivity contribution in [3.8, 4) is 5.75 Å². The summed E-state index contributed by atoms with van der Waals surface area (Å²) in [4.78, 5) is 5.88. The summed E-state index contributed by atoms with van der Waals surface area (Å²) in [6.45, 7) is 0. The van der Waals surface area contributed by atoms with Crippen LogP contribution in [0.15, 0.2) is 57.3 Å². The van der Waals surface area contributed by atoms with E-state index in [9.17, 15) is 0 Å². The predicted octanol–water partition coefficient (Wildman–Crippen LogP) is 3.45. The number of fused-ring (bicyclic) bond motifs is 1.